The fourth-order valence-corrected chi connectivity index (χ4v) is 3.45. The molecule has 0 bridgehead atoms. The molecular weight excluding hydrogens is 384 g/mol. The van der Waals surface area contributed by atoms with Crippen LogP contribution >= 0.6 is 0 Å². The van der Waals surface area contributed by atoms with Crippen LogP contribution in [0.15, 0.2) is 29.1 Å². The molecule has 1 saturated heterocycles. The minimum atomic E-state index is -0.170. The highest BCUT2D eigenvalue weighted by Crippen LogP contribution is 2.13. The van der Waals surface area contributed by atoms with Gasteiger partial charge in [0, 0.05) is 37.3 Å². The van der Waals surface area contributed by atoms with Crippen LogP contribution in [-0.2, 0) is 22.4 Å². The molecular formula is C22H30N4O4. The summed E-state index contributed by atoms with van der Waals surface area (Å²) in [7, 11) is 1.65. The molecule has 162 valence electrons. The number of rotatable bonds is 9. The maximum atomic E-state index is 12.5. The predicted molar refractivity (Wildman–Crippen MR) is 115 cm³/mol. The third kappa shape index (κ3) is 6.06. The lowest BCUT2D eigenvalue weighted by atomic mass is 10.1. The second-order valence-electron chi connectivity index (χ2n) is 7.35. The second-order valence-corrected chi connectivity index (χ2v) is 7.35. The van der Waals surface area contributed by atoms with Crippen molar-refractivity contribution in [2.24, 2.45) is 0 Å². The average molecular weight is 415 g/mol. The summed E-state index contributed by atoms with van der Waals surface area (Å²) < 4.78 is 10.5. The number of aromatic amines is 1. The highest BCUT2D eigenvalue weighted by molar-refractivity contribution is 5.76. The maximum Gasteiger partial charge on any atom is 0.255 e. The summed E-state index contributed by atoms with van der Waals surface area (Å²) in [5.74, 6) is 1.36. The van der Waals surface area contributed by atoms with Crippen molar-refractivity contribution in [2.75, 3.05) is 44.9 Å². The average Bonchev–Trinajstić information content (AvgIpc) is 2.77. The zero-order valence-corrected chi connectivity index (χ0v) is 17.7. The van der Waals surface area contributed by atoms with E-state index < -0.39 is 0 Å². The van der Waals surface area contributed by atoms with Gasteiger partial charge in [-0.1, -0.05) is 12.1 Å². The van der Waals surface area contributed by atoms with E-state index in [0.29, 0.717) is 56.5 Å². The highest BCUT2D eigenvalue weighted by Gasteiger charge is 2.16. The van der Waals surface area contributed by atoms with E-state index >= 15 is 0 Å². The van der Waals surface area contributed by atoms with Gasteiger partial charge in [-0.2, -0.15) is 0 Å². The molecule has 1 fully saturated rings. The lowest BCUT2D eigenvalue weighted by Gasteiger charge is -2.27. The first kappa shape index (κ1) is 21.8. The van der Waals surface area contributed by atoms with Crippen molar-refractivity contribution in [1.82, 2.24) is 15.3 Å². The molecule has 30 heavy (non-hydrogen) atoms. The van der Waals surface area contributed by atoms with Gasteiger partial charge in [0.25, 0.3) is 5.56 Å². The summed E-state index contributed by atoms with van der Waals surface area (Å²) in [6.45, 7) is 5.10. The van der Waals surface area contributed by atoms with E-state index in [0.717, 1.165) is 18.6 Å². The Morgan fingerprint density at radius 1 is 1.23 bits per heavy atom. The van der Waals surface area contributed by atoms with Crippen LogP contribution in [0.2, 0.25) is 0 Å². The Kier molecular flexibility index (Phi) is 7.84. The maximum absolute atomic E-state index is 12.5. The minimum absolute atomic E-state index is 0.0548. The number of nitrogens with one attached hydrogen (secondary N) is 2. The number of hydrogen-bond donors (Lipinski definition) is 2. The first-order valence-electron chi connectivity index (χ1n) is 10.4. The van der Waals surface area contributed by atoms with E-state index in [9.17, 15) is 9.59 Å². The number of aromatic nitrogens is 2. The van der Waals surface area contributed by atoms with Crippen molar-refractivity contribution in [1.29, 1.82) is 0 Å². The number of H-pyrrole nitrogens is 1. The van der Waals surface area contributed by atoms with Gasteiger partial charge in [-0.3, -0.25) is 14.6 Å². The van der Waals surface area contributed by atoms with Crippen molar-refractivity contribution in [3.8, 4) is 5.75 Å². The molecule has 0 unspecified atom stereocenters. The fourth-order valence-electron chi connectivity index (χ4n) is 3.45. The number of ether oxygens (including phenoxy) is 2. The number of carbonyl (C=O) groups excluding carboxylic acids is 1. The van der Waals surface area contributed by atoms with Crippen LogP contribution in [0.3, 0.4) is 0 Å². The van der Waals surface area contributed by atoms with Gasteiger partial charge in [0.2, 0.25) is 11.9 Å². The number of morpholine rings is 1. The van der Waals surface area contributed by atoms with E-state index in [1.807, 2.05) is 36.1 Å². The third-order valence-electron chi connectivity index (χ3n) is 5.25. The first-order valence-corrected chi connectivity index (χ1v) is 10.4. The molecule has 0 spiro atoms. The van der Waals surface area contributed by atoms with Crippen molar-refractivity contribution < 1.29 is 14.3 Å². The Labute approximate surface area is 176 Å². The second kappa shape index (κ2) is 10.8. The number of carbonyl (C=O) groups is 1. The smallest absolute Gasteiger partial charge is 0.255 e. The molecule has 1 aliphatic heterocycles. The molecule has 2 aromatic rings. The summed E-state index contributed by atoms with van der Waals surface area (Å²) in [6, 6.07) is 7.94. The quantitative estimate of drug-likeness (QED) is 0.605. The molecule has 2 heterocycles. The topological polar surface area (TPSA) is 96.5 Å². The van der Waals surface area contributed by atoms with E-state index in [4.69, 9.17) is 9.47 Å². The molecule has 8 heteroatoms. The number of amides is 1. The van der Waals surface area contributed by atoms with Crippen molar-refractivity contribution in [3.63, 3.8) is 0 Å². The first-order chi connectivity index (χ1) is 14.6. The van der Waals surface area contributed by atoms with Gasteiger partial charge in [0.15, 0.2) is 0 Å². The number of methoxy groups -OCH3 is 1. The van der Waals surface area contributed by atoms with Gasteiger partial charge in [0.05, 0.1) is 20.3 Å². The molecule has 8 nitrogen and oxygen atoms in total. The number of aryl methyl sites for hydroxylation is 2. The van der Waals surface area contributed by atoms with E-state index in [2.05, 4.69) is 15.3 Å². The van der Waals surface area contributed by atoms with Gasteiger partial charge >= 0.3 is 0 Å². The molecule has 1 aliphatic rings. The number of benzene rings is 1. The molecule has 1 aromatic heterocycles. The van der Waals surface area contributed by atoms with Crippen LogP contribution in [-0.4, -0.2) is 55.8 Å². The highest BCUT2D eigenvalue weighted by atomic mass is 16.5. The molecule has 0 aliphatic carbocycles. The van der Waals surface area contributed by atoms with Crippen LogP contribution in [0, 0.1) is 6.92 Å². The monoisotopic (exact) mass is 414 g/mol. The SMILES string of the molecule is COc1ccc(CCCNC(=O)CCc2c(C)nc(N3CCOCC3)[nH]c2=O)cc1. The van der Waals surface area contributed by atoms with Gasteiger partial charge in [0.1, 0.15) is 5.75 Å². The summed E-state index contributed by atoms with van der Waals surface area (Å²) in [5, 5.41) is 2.93. The van der Waals surface area contributed by atoms with E-state index in [-0.39, 0.29) is 17.9 Å². The zero-order chi connectivity index (χ0) is 21.3. The van der Waals surface area contributed by atoms with Gasteiger partial charge < -0.3 is 19.7 Å². The van der Waals surface area contributed by atoms with Crippen LogP contribution in [0.5, 0.6) is 5.75 Å². The molecule has 2 N–H and O–H groups in total. The van der Waals surface area contributed by atoms with Gasteiger partial charge in [-0.25, -0.2) is 4.98 Å². The molecule has 1 amide bonds. The van der Waals surface area contributed by atoms with Gasteiger partial charge in [-0.15, -0.1) is 0 Å². The van der Waals surface area contributed by atoms with E-state index in [1.54, 1.807) is 7.11 Å². The molecule has 0 atom stereocenters. The van der Waals surface area contributed by atoms with Crippen molar-refractivity contribution >= 4 is 11.9 Å². The Balaban J connectivity index is 1.43. The summed E-state index contributed by atoms with van der Waals surface area (Å²) >= 11 is 0. The molecule has 3 rings (SSSR count). The minimum Gasteiger partial charge on any atom is -0.497 e. The van der Waals surface area contributed by atoms with Crippen LogP contribution in [0.1, 0.15) is 29.7 Å². The predicted octanol–water partition coefficient (Wildman–Crippen LogP) is 1.61. The van der Waals surface area contributed by atoms with Crippen molar-refractivity contribution in [2.45, 2.75) is 32.6 Å². The summed E-state index contributed by atoms with van der Waals surface area (Å²) in [4.78, 5) is 34.0. The molecule has 0 saturated carbocycles. The Morgan fingerprint density at radius 2 is 1.97 bits per heavy atom. The third-order valence-corrected chi connectivity index (χ3v) is 5.25. The molecule has 1 aromatic carbocycles. The Bertz CT molecular complexity index is 889. The summed E-state index contributed by atoms with van der Waals surface area (Å²) in [5.41, 5.74) is 2.28. The molecule has 0 radical (unpaired) electrons. The van der Waals surface area contributed by atoms with E-state index in [1.165, 1.54) is 5.56 Å². The largest absolute Gasteiger partial charge is 0.497 e. The Hall–Kier alpha value is -2.87. The lowest BCUT2D eigenvalue weighted by Crippen LogP contribution is -2.38. The standard InChI is InChI=1S/C22H30N4O4/c1-16-19(21(28)25-22(24-16)26-12-14-30-15-13-26)9-10-20(27)23-11-3-4-17-5-7-18(29-2)8-6-17/h5-8H,3-4,9-15H2,1-2H3,(H,23,27)(H,24,25,28). The number of anilines is 1. The Morgan fingerprint density at radius 3 is 2.63 bits per heavy atom. The fraction of sp³-hybridized carbons (Fsp3) is 0.500. The van der Waals surface area contributed by atoms with Gasteiger partial charge in [-0.05, 0) is 43.9 Å². The number of hydrogen-bond acceptors (Lipinski definition) is 6. The normalized spacial score (nSPS) is 13.9. The van der Waals surface area contributed by atoms with Crippen LogP contribution < -0.4 is 20.5 Å². The number of nitrogens with zero attached hydrogens (tertiary/aromatic N) is 2. The zero-order valence-electron chi connectivity index (χ0n) is 17.7. The van der Waals surface area contributed by atoms with Crippen LogP contribution in [0.25, 0.3) is 0 Å². The lowest BCUT2D eigenvalue weighted by molar-refractivity contribution is -0.121. The summed E-state index contributed by atoms with van der Waals surface area (Å²) in [6.07, 6.45) is 2.39. The van der Waals surface area contributed by atoms with Crippen LogP contribution in [0.4, 0.5) is 5.95 Å². The van der Waals surface area contributed by atoms with Crippen molar-refractivity contribution in [3.05, 3.63) is 51.4 Å².